The largest absolute Gasteiger partial charge is 0.383 e. The summed E-state index contributed by atoms with van der Waals surface area (Å²) in [5.74, 6) is -0.153. The number of amides is 1. The predicted octanol–water partition coefficient (Wildman–Crippen LogP) is 3.98. The number of ether oxygens (including phenoxy) is 1. The fourth-order valence-corrected chi connectivity index (χ4v) is 4.46. The summed E-state index contributed by atoms with van der Waals surface area (Å²) in [4.78, 5) is 25.1. The lowest BCUT2D eigenvalue weighted by Gasteiger charge is -2.30. The number of nitro groups is 1. The first kappa shape index (κ1) is 25.3. The van der Waals surface area contributed by atoms with Crippen molar-refractivity contribution in [3.63, 3.8) is 0 Å². The van der Waals surface area contributed by atoms with Crippen molar-refractivity contribution in [3.05, 3.63) is 63.7 Å². The molecule has 32 heavy (non-hydrogen) atoms. The highest BCUT2D eigenvalue weighted by molar-refractivity contribution is 7.92. The second kappa shape index (κ2) is 11.1. The van der Waals surface area contributed by atoms with Gasteiger partial charge in [0.2, 0.25) is 0 Å². The molecule has 0 spiro atoms. The molecule has 2 aromatic carbocycles. The van der Waals surface area contributed by atoms with E-state index in [1.807, 2.05) is 13.8 Å². The number of sulfonamides is 1. The number of nitro benzene ring substituents is 1. The van der Waals surface area contributed by atoms with E-state index in [2.05, 4.69) is 4.72 Å². The lowest BCUT2D eigenvalue weighted by molar-refractivity contribution is -0.385. The fourth-order valence-electron chi connectivity index (χ4n) is 3.38. The Balaban J connectivity index is 2.23. The van der Waals surface area contributed by atoms with E-state index in [1.165, 1.54) is 31.2 Å². The summed E-state index contributed by atoms with van der Waals surface area (Å²) in [6.45, 7) is 6.46. The zero-order chi connectivity index (χ0) is 23.9. The number of hydrogen-bond acceptors (Lipinski definition) is 6. The van der Waals surface area contributed by atoms with Gasteiger partial charge in [0, 0.05) is 42.6 Å². The van der Waals surface area contributed by atoms with Gasteiger partial charge in [0.25, 0.3) is 21.6 Å². The second-order valence-corrected chi connectivity index (χ2v) is 9.03. The molecule has 2 aromatic rings. The van der Waals surface area contributed by atoms with E-state index in [0.717, 1.165) is 18.9 Å². The Bertz CT molecular complexity index is 1050. The smallest absolute Gasteiger partial charge is 0.273 e. The van der Waals surface area contributed by atoms with Gasteiger partial charge in [-0.25, -0.2) is 8.42 Å². The molecule has 2 rings (SSSR count). The standard InChI is InChI=1S/C22H29N3O6S/c1-5-19(6-2)24(13-14-31-4)22(26)17-8-10-18(11-9-17)23-32(29,30)20-12-7-16(3)21(15-20)25(27)28/h7-12,15,19,23H,5-6,13-14H2,1-4H3. The third-order valence-electron chi connectivity index (χ3n) is 5.25. The molecule has 0 aromatic heterocycles. The molecular formula is C22H29N3O6S. The van der Waals surface area contributed by atoms with Gasteiger partial charge in [-0.2, -0.15) is 0 Å². The SMILES string of the molecule is CCC(CC)N(CCOC)C(=O)c1ccc(NS(=O)(=O)c2ccc(C)c([N+](=O)[O-])c2)cc1. The molecule has 0 fully saturated rings. The van der Waals surface area contributed by atoms with Crippen LogP contribution < -0.4 is 4.72 Å². The first-order chi connectivity index (χ1) is 15.1. The third kappa shape index (κ3) is 6.04. The normalized spacial score (nSPS) is 11.4. The van der Waals surface area contributed by atoms with Crippen LogP contribution in [-0.4, -0.2) is 50.5 Å². The highest BCUT2D eigenvalue weighted by Crippen LogP contribution is 2.24. The zero-order valence-corrected chi connectivity index (χ0v) is 19.5. The van der Waals surface area contributed by atoms with Crippen molar-refractivity contribution in [1.82, 2.24) is 4.90 Å². The number of carbonyl (C=O) groups excluding carboxylic acids is 1. The summed E-state index contributed by atoms with van der Waals surface area (Å²) in [5.41, 5.74) is 0.774. The number of rotatable bonds is 11. The van der Waals surface area contributed by atoms with Crippen molar-refractivity contribution in [2.75, 3.05) is 25.0 Å². The van der Waals surface area contributed by atoms with E-state index in [-0.39, 0.29) is 28.2 Å². The number of nitrogens with zero attached hydrogens (tertiary/aromatic N) is 2. The minimum absolute atomic E-state index is 0.0770. The Labute approximate surface area is 188 Å². The van der Waals surface area contributed by atoms with Gasteiger partial charge in [-0.1, -0.05) is 19.9 Å². The van der Waals surface area contributed by atoms with E-state index >= 15 is 0 Å². The molecular weight excluding hydrogens is 434 g/mol. The van der Waals surface area contributed by atoms with Gasteiger partial charge in [0.1, 0.15) is 0 Å². The molecule has 1 N–H and O–H groups in total. The van der Waals surface area contributed by atoms with Gasteiger partial charge < -0.3 is 9.64 Å². The summed E-state index contributed by atoms with van der Waals surface area (Å²) in [7, 11) is -2.45. The van der Waals surface area contributed by atoms with Crippen LogP contribution in [0.25, 0.3) is 0 Å². The molecule has 0 aliphatic carbocycles. The topological polar surface area (TPSA) is 119 Å². The van der Waals surface area contributed by atoms with E-state index in [0.29, 0.717) is 24.3 Å². The number of hydrogen-bond donors (Lipinski definition) is 1. The molecule has 1 amide bonds. The number of nitrogens with one attached hydrogen (secondary N) is 1. The number of benzene rings is 2. The summed E-state index contributed by atoms with van der Waals surface area (Å²) in [6, 6.07) is 9.91. The molecule has 0 bridgehead atoms. The summed E-state index contributed by atoms with van der Waals surface area (Å²) in [6.07, 6.45) is 1.62. The van der Waals surface area contributed by atoms with Gasteiger partial charge in [0.15, 0.2) is 0 Å². The molecule has 10 heteroatoms. The van der Waals surface area contributed by atoms with Crippen LogP contribution >= 0.6 is 0 Å². The minimum Gasteiger partial charge on any atom is -0.383 e. The molecule has 0 aliphatic heterocycles. The Morgan fingerprint density at radius 2 is 1.78 bits per heavy atom. The molecule has 174 valence electrons. The number of aryl methyl sites for hydroxylation is 1. The second-order valence-electron chi connectivity index (χ2n) is 7.35. The summed E-state index contributed by atoms with van der Waals surface area (Å²) in [5, 5.41) is 11.1. The minimum atomic E-state index is -4.04. The van der Waals surface area contributed by atoms with Crippen molar-refractivity contribution in [2.45, 2.75) is 44.6 Å². The molecule has 0 radical (unpaired) electrons. The van der Waals surface area contributed by atoms with E-state index < -0.39 is 14.9 Å². The molecule has 0 unspecified atom stereocenters. The van der Waals surface area contributed by atoms with E-state index in [4.69, 9.17) is 4.74 Å². The quantitative estimate of drug-likeness (QED) is 0.398. The van der Waals surface area contributed by atoms with E-state index in [1.54, 1.807) is 24.1 Å². The maximum atomic E-state index is 13.0. The Hall–Kier alpha value is -2.98. The molecule has 0 saturated heterocycles. The molecule has 9 nitrogen and oxygen atoms in total. The van der Waals surface area contributed by atoms with Crippen molar-refractivity contribution < 1.29 is 22.9 Å². The van der Waals surface area contributed by atoms with Crippen LogP contribution in [0.5, 0.6) is 0 Å². The van der Waals surface area contributed by atoms with Crippen LogP contribution in [0.1, 0.15) is 42.6 Å². The molecule has 0 heterocycles. The number of carbonyl (C=O) groups is 1. The van der Waals surface area contributed by atoms with Crippen LogP contribution in [0, 0.1) is 17.0 Å². The third-order valence-corrected chi connectivity index (χ3v) is 6.63. The van der Waals surface area contributed by atoms with Gasteiger partial charge in [-0.3, -0.25) is 19.6 Å². The predicted molar refractivity (Wildman–Crippen MR) is 122 cm³/mol. The Morgan fingerprint density at radius 3 is 2.31 bits per heavy atom. The Morgan fingerprint density at radius 1 is 1.16 bits per heavy atom. The highest BCUT2D eigenvalue weighted by atomic mass is 32.2. The first-order valence-electron chi connectivity index (χ1n) is 10.3. The number of methoxy groups -OCH3 is 1. The molecule has 0 saturated carbocycles. The summed E-state index contributed by atoms with van der Waals surface area (Å²) < 4.78 is 32.9. The van der Waals surface area contributed by atoms with Crippen LogP contribution in [0.4, 0.5) is 11.4 Å². The molecule has 0 aliphatic rings. The van der Waals surface area contributed by atoms with Crippen LogP contribution in [-0.2, 0) is 14.8 Å². The molecule has 0 atom stereocenters. The lowest BCUT2D eigenvalue weighted by Crippen LogP contribution is -2.41. The zero-order valence-electron chi connectivity index (χ0n) is 18.7. The van der Waals surface area contributed by atoms with Crippen molar-refractivity contribution in [3.8, 4) is 0 Å². The average molecular weight is 464 g/mol. The maximum Gasteiger partial charge on any atom is 0.273 e. The highest BCUT2D eigenvalue weighted by Gasteiger charge is 2.23. The van der Waals surface area contributed by atoms with Crippen LogP contribution in [0.2, 0.25) is 0 Å². The first-order valence-corrected chi connectivity index (χ1v) is 11.8. The van der Waals surface area contributed by atoms with Crippen molar-refractivity contribution >= 4 is 27.3 Å². The van der Waals surface area contributed by atoms with Crippen LogP contribution in [0.15, 0.2) is 47.4 Å². The summed E-state index contributed by atoms with van der Waals surface area (Å²) >= 11 is 0. The van der Waals surface area contributed by atoms with Crippen molar-refractivity contribution in [1.29, 1.82) is 0 Å². The van der Waals surface area contributed by atoms with Gasteiger partial charge in [-0.15, -0.1) is 0 Å². The van der Waals surface area contributed by atoms with Crippen molar-refractivity contribution in [2.24, 2.45) is 0 Å². The fraction of sp³-hybridized carbons (Fsp3) is 0.409. The van der Waals surface area contributed by atoms with Gasteiger partial charge >= 0.3 is 0 Å². The van der Waals surface area contributed by atoms with Crippen LogP contribution in [0.3, 0.4) is 0 Å². The van der Waals surface area contributed by atoms with Gasteiger partial charge in [-0.05, 0) is 50.1 Å². The van der Waals surface area contributed by atoms with Gasteiger partial charge in [0.05, 0.1) is 16.4 Å². The monoisotopic (exact) mass is 463 g/mol. The van der Waals surface area contributed by atoms with E-state index in [9.17, 15) is 23.3 Å². The average Bonchev–Trinajstić information content (AvgIpc) is 2.76. The number of anilines is 1. The maximum absolute atomic E-state index is 13.0. The Kier molecular flexibility index (Phi) is 8.73. The lowest BCUT2D eigenvalue weighted by atomic mass is 10.1.